The van der Waals surface area contributed by atoms with Gasteiger partial charge in [-0.2, -0.15) is 5.10 Å². The summed E-state index contributed by atoms with van der Waals surface area (Å²) in [5.74, 6) is 1.09. The van der Waals surface area contributed by atoms with Crippen LogP contribution in [0.25, 0.3) is 21.8 Å². The molecule has 1 aliphatic rings. The quantitative estimate of drug-likeness (QED) is 0.780. The van der Waals surface area contributed by atoms with Gasteiger partial charge in [0, 0.05) is 29.4 Å². The van der Waals surface area contributed by atoms with Crippen molar-refractivity contribution < 1.29 is 4.79 Å². The van der Waals surface area contributed by atoms with E-state index >= 15 is 0 Å². The van der Waals surface area contributed by atoms with Gasteiger partial charge in [0.1, 0.15) is 12.1 Å². The summed E-state index contributed by atoms with van der Waals surface area (Å²) in [6.07, 6.45) is 2.82. The van der Waals surface area contributed by atoms with E-state index in [1.54, 1.807) is 6.20 Å². The third-order valence-electron chi connectivity index (χ3n) is 5.10. The lowest BCUT2D eigenvalue weighted by Gasteiger charge is -2.35. The van der Waals surface area contributed by atoms with Crippen LogP contribution in [-0.2, 0) is 11.3 Å². The molecular formula is C19H22N4O2. The minimum atomic E-state index is -0.262. The van der Waals surface area contributed by atoms with E-state index in [0.29, 0.717) is 17.4 Å². The molecule has 4 rings (SSSR count). The van der Waals surface area contributed by atoms with Crippen LogP contribution in [0.2, 0.25) is 0 Å². The van der Waals surface area contributed by atoms with Crippen LogP contribution in [-0.4, -0.2) is 38.7 Å². The number of nitrogens with zero attached hydrogens (tertiary/aromatic N) is 3. The summed E-state index contributed by atoms with van der Waals surface area (Å²) in [6.45, 7) is 6.13. The Hall–Kier alpha value is -2.63. The number of amides is 1. The third-order valence-corrected chi connectivity index (χ3v) is 5.10. The van der Waals surface area contributed by atoms with Gasteiger partial charge in [-0.3, -0.25) is 9.59 Å². The molecule has 0 radical (unpaired) electrons. The third kappa shape index (κ3) is 2.71. The van der Waals surface area contributed by atoms with E-state index in [1.165, 1.54) is 0 Å². The van der Waals surface area contributed by atoms with Gasteiger partial charge in [-0.05, 0) is 24.3 Å². The first-order valence-corrected chi connectivity index (χ1v) is 8.77. The van der Waals surface area contributed by atoms with Gasteiger partial charge in [0.25, 0.3) is 5.56 Å². The zero-order valence-corrected chi connectivity index (χ0v) is 14.5. The number of piperidine rings is 1. The molecule has 130 valence electrons. The molecule has 2 aromatic heterocycles. The van der Waals surface area contributed by atoms with Crippen LogP contribution in [0, 0.1) is 11.8 Å². The second-order valence-corrected chi connectivity index (χ2v) is 7.31. The van der Waals surface area contributed by atoms with Crippen molar-refractivity contribution in [3.63, 3.8) is 0 Å². The molecule has 1 fully saturated rings. The predicted molar refractivity (Wildman–Crippen MR) is 97.4 cm³/mol. The van der Waals surface area contributed by atoms with Gasteiger partial charge in [0.2, 0.25) is 5.91 Å². The lowest BCUT2D eigenvalue weighted by atomic mass is 9.92. The highest BCUT2D eigenvalue weighted by Crippen LogP contribution is 2.27. The van der Waals surface area contributed by atoms with E-state index in [2.05, 4.69) is 24.0 Å². The summed E-state index contributed by atoms with van der Waals surface area (Å²) in [6, 6.07) is 7.77. The highest BCUT2D eigenvalue weighted by atomic mass is 16.2. The number of likely N-dealkylation sites (tertiary alicyclic amines) is 1. The zero-order valence-electron chi connectivity index (χ0n) is 14.5. The Bertz CT molecular complexity index is 993. The Morgan fingerprint density at radius 1 is 1.20 bits per heavy atom. The number of H-pyrrole nitrogens is 1. The maximum absolute atomic E-state index is 12.9. The number of hydrogen-bond acceptors (Lipinski definition) is 3. The maximum atomic E-state index is 12.9. The average Bonchev–Trinajstić information content (AvgIpc) is 2.90. The summed E-state index contributed by atoms with van der Waals surface area (Å²) in [4.78, 5) is 27.2. The summed E-state index contributed by atoms with van der Waals surface area (Å²) < 4.78 is 1.83. The van der Waals surface area contributed by atoms with Crippen LogP contribution in [0.5, 0.6) is 0 Å². The molecule has 0 aliphatic carbocycles. The van der Waals surface area contributed by atoms with E-state index in [1.807, 2.05) is 33.7 Å². The van der Waals surface area contributed by atoms with E-state index in [0.717, 1.165) is 35.8 Å². The minimum Gasteiger partial charge on any atom is -0.341 e. The van der Waals surface area contributed by atoms with Gasteiger partial charge in [0.15, 0.2) is 0 Å². The molecule has 2 atom stereocenters. The monoisotopic (exact) mass is 338 g/mol. The molecule has 1 amide bonds. The Labute approximate surface area is 145 Å². The molecule has 0 bridgehead atoms. The van der Waals surface area contributed by atoms with Crippen molar-refractivity contribution in [1.29, 1.82) is 0 Å². The van der Waals surface area contributed by atoms with E-state index in [9.17, 15) is 9.59 Å². The van der Waals surface area contributed by atoms with Gasteiger partial charge < -0.3 is 9.47 Å². The molecule has 6 nitrogen and oxygen atoms in total. The minimum absolute atomic E-state index is 0.0669. The van der Waals surface area contributed by atoms with E-state index < -0.39 is 0 Å². The highest BCUT2D eigenvalue weighted by Gasteiger charge is 2.26. The maximum Gasteiger partial charge on any atom is 0.288 e. The number of benzene rings is 1. The van der Waals surface area contributed by atoms with Crippen LogP contribution in [0.1, 0.15) is 20.3 Å². The van der Waals surface area contributed by atoms with Gasteiger partial charge in [-0.25, -0.2) is 5.10 Å². The van der Waals surface area contributed by atoms with Crippen molar-refractivity contribution in [2.45, 2.75) is 26.8 Å². The largest absolute Gasteiger partial charge is 0.341 e. The van der Waals surface area contributed by atoms with Gasteiger partial charge >= 0.3 is 0 Å². The van der Waals surface area contributed by atoms with Gasteiger partial charge in [0.05, 0.1) is 6.20 Å². The summed E-state index contributed by atoms with van der Waals surface area (Å²) in [7, 11) is 0. The molecule has 0 unspecified atom stereocenters. The topological polar surface area (TPSA) is 71.0 Å². The number of rotatable bonds is 2. The molecule has 25 heavy (non-hydrogen) atoms. The Morgan fingerprint density at radius 3 is 2.68 bits per heavy atom. The fraction of sp³-hybridized carbons (Fsp3) is 0.421. The smallest absolute Gasteiger partial charge is 0.288 e. The standard InChI is InChI=1S/C19H22N4O2/c1-12-7-13(2)10-22(9-12)17(24)11-23-16-6-4-3-5-14(16)15-8-20-21-19(25)18(15)23/h3-6,8,12-13H,7,9-11H2,1-2H3,(H,21,25)/t12-,13-/m0/s1. The fourth-order valence-corrected chi connectivity index (χ4v) is 4.18. The lowest BCUT2D eigenvalue weighted by molar-refractivity contribution is -0.134. The number of aromatic amines is 1. The lowest BCUT2D eigenvalue weighted by Crippen LogP contribution is -2.44. The summed E-state index contributed by atoms with van der Waals surface area (Å²) in [5.41, 5.74) is 1.15. The fourth-order valence-electron chi connectivity index (χ4n) is 4.18. The van der Waals surface area contributed by atoms with Crippen molar-refractivity contribution >= 4 is 27.7 Å². The van der Waals surface area contributed by atoms with Crippen LogP contribution in [0.4, 0.5) is 0 Å². The van der Waals surface area contributed by atoms with Crippen LogP contribution in [0.3, 0.4) is 0 Å². The van der Waals surface area contributed by atoms with Crippen molar-refractivity contribution in [2.75, 3.05) is 13.1 Å². The number of nitrogens with one attached hydrogen (secondary N) is 1. The molecule has 0 spiro atoms. The molecule has 1 aromatic carbocycles. The SMILES string of the molecule is C[C@H]1C[C@H](C)CN(C(=O)Cn2c3ccccc3c3cn[nH]c(=O)c32)C1. The van der Waals surface area contributed by atoms with Gasteiger partial charge in [-0.15, -0.1) is 0 Å². The number of para-hydroxylation sites is 1. The Kier molecular flexibility index (Phi) is 3.82. The Balaban J connectivity index is 1.78. The van der Waals surface area contributed by atoms with Crippen molar-refractivity contribution in [2.24, 2.45) is 11.8 Å². The van der Waals surface area contributed by atoms with E-state index in [4.69, 9.17) is 0 Å². The second kappa shape index (κ2) is 6.02. The van der Waals surface area contributed by atoms with Crippen LogP contribution < -0.4 is 5.56 Å². The predicted octanol–water partition coefficient (Wildman–Crippen LogP) is 2.38. The molecule has 1 aliphatic heterocycles. The first-order chi connectivity index (χ1) is 12.0. The first kappa shape index (κ1) is 15.9. The molecular weight excluding hydrogens is 316 g/mol. The number of hydrogen-bond donors (Lipinski definition) is 1. The van der Waals surface area contributed by atoms with Crippen molar-refractivity contribution in [3.05, 3.63) is 40.8 Å². The Morgan fingerprint density at radius 2 is 1.92 bits per heavy atom. The normalized spacial score (nSPS) is 21.1. The summed E-state index contributed by atoms with van der Waals surface area (Å²) >= 11 is 0. The molecule has 0 saturated carbocycles. The molecule has 6 heteroatoms. The number of aromatic nitrogens is 3. The number of carbonyl (C=O) groups excluding carboxylic acids is 1. The molecule has 3 aromatic rings. The van der Waals surface area contributed by atoms with Crippen molar-refractivity contribution in [3.8, 4) is 0 Å². The number of carbonyl (C=O) groups is 1. The van der Waals surface area contributed by atoms with Gasteiger partial charge in [-0.1, -0.05) is 32.0 Å². The zero-order chi connectivity index (χ0) is 17.6. The van der Waals surface area contributed by atoms with Crippen LogP contribution >= 0.6 is 0 Å². The highest BCUT2D eigenvalue weighted by molar-refractivity contribution is 6.07. The van der Waals surface area contributed by atoms with E-state index in [-0.39, 0.29) is 18.0 Å². The number of fused-ring (bicyclic) bond motifs is 3. The average molecular weight is 338 g/mol. The summed E-state index contributed by atoms with van der Waals surface area (Å²) in [5, 5.41) is 8.14. The molecule has 1 N–H and O–H groups in total. The van der Waals surface area contributed by atoms with Crippen LogP contribution in [0.15, 0.2) is 35.3 Å². The molecule has 3 heterocycles. The van der Waals surface area contributed by atoms with Crippen molar-refractivity contribution in [1.82, 2.24) is 19.7 Å². The second-order valence-electron chi connectivity index (χ2n) is 7.31. The first-order valence-electron chi connectivity index (χ1n) is 8.77. The molecule has 1 saturated heterocycles.